The van der Waals surface area contributed by atoms with Crippen LogP contribution in [-0.2, 0) is 4.79 Å². The minimum absolute atomic E-state index is 0.110. The molecule has 0 saturated carbocycles. The van der Waals surface area contributed by atoms with Gasteiger partial charge in [0.05, 0.1) is 11.8 Å². The van der Waals surface area contributed by atoms with Gasteiger partial charge in [-0.1, -0.05) is 65.7 Å². The first-order valence-electron chi connectivity index (χ1n) is 7.60. The predicted octanol–water partition coefficient (Wildman–Crippen LogP) is 5.36. The van der Waals surface area contributed by atoms with Crippen LogP contribution in [-0.4, -0.2) is 16.6 Å². The number of carbonyl (C=O) groups excluding carboxylic acids is 1. The van der Waals surface area contributed by atoms with E-state index in [1.165, 1.54) is 11.9 Å². The standard InChI is InChI=1S/C19H16Cl2N2O/c1-13(24)23-19(16-7-3-5-9-18(16)21)12-15(22-23)11-10-14-6-2-4-8-17(14)20/h2-11,19H,12H2,1H3/b11-10+/t19-/m1/s1. The SMILES string of the molecule is CC(=O)N1N=C(/C=C/c2ccccc2Cl)C[C@@H]1c1ccccc1Cl. The van der Waals surface area contributed by atoms with Crippen LogP contribution >= 0.6 is 23.2 Å². The maximum absolute atomic E-state index is 11.9. The van der Waals surface area contributed by atoms with E-state index in [9.17, 15) is 4.79 Å². The van der Waals surface area contributed by atoms with Gasteiger partial charge >= 0.3 is 0 Å². The Labute approximate surface area is 151 Å². The lowest BCUT2D eigenvalue weighted by molar-refractivity contribution is -0.130. The molecule has 1 aliphatic heterocycles. The van der Waals surface area contributed by atoms with Crippen LogP contribution in [0.4, 0.5) is 0 Å². The highest BCUT2D eigenvalue weighted by molar-refractivity contribution is 6.32. The smallest absolute Gasteiger partial charge is 0.240 e. The number of hydrogen-bond donors (Lipinski definition) is 0. The summed E-state index contributed by atoms with van der Waals surface area (Å²) in [6.07, 6.45) is 4.42. The van der Waals surface area contributed by atoms with Gasteiger partial charge in [-0.25, -0.2) is 5.01 Å². The highest BCUT2D eigenvalue weighted by Gasteiger charge is 2.30. The Morgan fingerprint density at radius 1 is 1.08 bits per heavy atom. The Hall–Kier alpha value is -2.10. The second-order valence-electron chi connectivity index (χ2n) is 5.55. The predicted molar refractivity (Wildman–Crippen MR) is 99.3 cm³/mol. The average Bonchev–Trinajstić information content (AvgIpc) is 2.99. The van der Waals surface area contributed by atoms with Crippen LogP contribution in [0.1, 0.15) is 30.5 Å². The molecule has 1 aliphatic rings. The van der Waals surface area contributed by atoms with E-state index in [0.717, 1.165) is 16.8 Å². The molecule has 5 heteroatoms. The number of hydrazone groups is 1. The molecule has 1 heterocycles. The van der Waals surface area contributed by atoms with E-state index < -0.39 is 0 Å². The Morgan fingerprint density at radius 3 is 2.42 bits per heavy atom. The van der Waals surface area contributed by atoms with E-state index in [1.54, 1.807) is 0 Å². The molecule has 0 spiro atoms. The topological polar surface area (TPSA) is 32.7 Å². The zero-order valence-corrected chi connectivity index (χ0v) is 14.6. The van der Waals surface area contributed by atoms with Crippen molar-refractivity contribution in [1.82, 2.24) is 5.01 Å². The van der Waals surface area contributed by atoms with Gasteiger partial charge in [0, 0.05) is 23.4 Å². The second kappa shape index (κ2) is 7.20. The van der Waals surface area contributed by atoms with Gasteiger partial charge in [-0.3, -0.25) is 4.79 Å². The molecule has 0 fully saturated rings. The van der Waals surface area contributed by atoms with E-state index in [0.29, 0.717) is 16.5 Å². The van der Waals surface area contributed by atoms with Crippen molar-refractivity contribution in [3.63, 3.8) is 0 Å². The van der Waals surface area contributed by atoms with Crippen molar-refractivity contribution in [1.29, 1.82) is 0 Å². The third kappa shape index (κ3) is 3.53. The lowest BCUT2D eigenvalue weighted by atomic mass is 10.0. The van der Waals surface area contributed by atoms with Gasteiger partial charge in [-0.2, -0.15) is 5.10 Å². The number of benzene rings is 2. The number of allylic oxidation sites excluding steroid dienone is 1. The highest BCUT2D eigenvalue weighted by Crippen LogP contribution is 2.35. The van der Waals surface area contributed by atoms with Crippen molar-refractivity contribution in [2.24, 2.45) is 5.10 Å². The molecular weight excluding hydrogens is 343 g/mol. The zero-order chi connectivity index (χ0) is 17.1. The first kappa shape index (κ1) is 16.7. The number of carbonyl (C=O) groups is 1. The van der Waals surface area contributed by atoms with Crippen molar-refractivity contribution < 1.29 is 4.79 Å². The number of nitrogens with zero attached hydrogens (tertiary/aromatic N) is 2. The third-order valence-corrected chi connectivity index (χ3v) is 4.57. The van der Waals surface area contributed by atoms with Crippen LogP contribution in [0.15, 0.2) is 59.7 Å². The minimum Gasteiger partial charge on any atom is -0.273 e. The number of halogens is 2. The molecule has 1 atom stereocenters. The first-order valence-corrected chi connectivity index (χ1v) is 8.36. The molecule has 0 radical (unpaired) electrons. The molecule has 2 aromatic rings. The summed E-state index contributed by atoms with van der Waals surface area (Å²) in [7, 11) is 0. The van der Waals surface area contributed by atoms with E-state index in [-0.39, 0.29) is 11.9 Å². The van der Waals surface area contributed by atoms with Crippen molar-refractivity contribution in [2.45, 2.75) is 19.4 Å². The fraction of sp³-hybridized carbons (Fsp3) is 0.158. The average molecular weight is 359 g/mol. The van der Waals surface area contributed by atoms with Crippen LogP contribution in [0.3, 0.4) is 0 Å². The second-order valence-corrected chi connectivity index (χ2v) is 6.37. The fourth-order valence-corrected chi connectivity index (χ4v) is 3.17. The van der Waals surface area contributed by atoms with Gasteiger partial charge in [0.25, 0.3) is 0 Å². The highest BCUT2D eigenvalue weighted by atomic mass is 35.5. The van der Waals surface area contributed by atoms with Gasteiger partial charge in [0.1, 0.15) is 0 Å². The number of amides is 1. The normalized spacial score (nSPS) is 17.4. The maximum atomic E-state index is 11.9. The molecule has 0 aliphatic carbocycles. The minimum atomic E-state index is -0.179. The van der Waals surface area contributed by atoms with Crippen molar-refractivity contribution >= 4 is 40.9 Å². The van der Waals surface area contributed by atoms with E-state index in [4.69, 9.17) is 23.2 Å². The maximum Gasteiger partial charge on any atom is 0.240 e. The van der Waals surface area contributed by atoms with Gasteiger partial charge in [-0.05, 0) is 29.3 Å². The van der Waals surface area contributed by atoms with Crippen LogP contribution in [0.2, 0.25) is 10.0 Å². The Morgan fingerprint density at radius 2 is 1.75 bits per heavy atom. The molecule has 24 heavy (non-hydrogen) atoms. The molecule has 0 aromatic heterocycles. The summed E-state index contributed by atoms with van der Waals surface area (Å²) in [5, 5.41) is 7.25. The summed E-state index contributed by atoms with van der Waals surface area (Å²) >= 11 is 12.5. The van der Waals surface area contributed by atoms with Crippen molar-refractivity contribution in [3.05, 3.63) is 75.8 Å². The summed E-state index contributed by atoms with van der Waals surface area (Å²) in [6.45, 7) is 1.51. The monoisotopic (exact) mass is 358 g/mol. The number of rotatable bonds is 3. The fourth-order valence-electron chi connectivity index (χ4n) is 2.71. The van der Waals surface area contributed by atoms with E-state index >= 15 is 0 Å². The van der Waals surface area contributed by atoms with Crippen molar-refractivity contribution in [2.75, 3.05) is 0 Å². The quantitative estimate of drug-likeness (QED) is 0.727. The third-order valence-electron chi connectivity index (χ3n) is 3.88. The number of hydrogen-bond acceptors (Lipinski definition) is 2. The summed E-state index contributed by atoms with van der Waals surface area (Å²) in [5.74, 6) is -0.110. The van der Waals surface area contributed by atoms with Gasteiger partial charge in [0.2, 0.25) is 5.91 Å². The zero-order valence-electron chi connectivity index (χ0n) is 13.1. The first-order chi connectivity index (χ1) is 11.6. The van der Waals surface area contributed by atoms with Gasteiger partial charge in [0.15, 0.2) is 0 Å². The molecule has 0 N–H and O–H groups in total. The molecule has 2 aromatic carbocycles. The molecular formula is C19H16Cl2N2O. The lowest BCUT2D eigenvalue weighted by Crippen LogP contribution is -2.24. The molecule has 3 rings (SSSR count). The van der Waals surface area contributed by atoms with E-state index in [1.807, 2.05) is 60.7 Å². The summed E-state index contributed by atoms with van der Waals surface area (Å²) in [4.78, 5) is 11.9. The Kier molecular flexibility index (Phi) is 5.03. The lowest BCUT2D eigenvalue weighted by Gasteiger charge is -2.21. The van der Waals surface area contributed by atoms with Crippen molar-refractivity contribution in [3.8, 4) is 0 Å². The molecule has 0 bridgehead atoms. The molecule has 0 unspecified atom stereocenters. The summed E-state index contributed by atoms with van der Waals surface area (Å²) < 4.78 is 0. The van der Waals surface area contributed by atoms with Gasteiger partial charge in [-0.15, -0.1) is 0 Å². The van der Waals surface area contributed by atoms with Crippen LogP contribution < -0.4 is 0 Å². The summed E-state index contributed by atoms with van der Waals surface area (Å²) in [5.41, 5.74) is 2.63. The van der Waals surface area contributed by atoms with Crippen LogP contribution in [0.25, 0.3) is 6.08 Å². The van der Waals surface area contributed by atoms with Crippen LogP contribution in [0, 0.1) is 0 Å². The molecule has 122 valence electrons. The molecule has 1 amide bonds. The largest absolute Gasteiger partial charge is 0.273 e. The van der Waals surface area contributed by atoms with E-state index in [2.05, 4.69) is 5.10 Å². The Bertz CT molecular complexity index is 830. The Balaban J connectivity index is 1.86. The van der Waals surface area contributed by atoms with Crippen LogP contribution in [0.5, 0.6) is 0 Å². The molecule has 3 nitrogen and oxygen atoms in total. The molecule has 0 saturated heterocycles. The summed E-state index contributed by atoms with van der Waals surface area (Å²) in [6, 6.07) is 15.0. The van der Waals surface area contributed by atoms with Gasteiger partial charge < -0.3 is 0 Å².